The summed E-state index contributed by atoms with van der Waals surface area (Å²) in [7, 11) is 0. The van der Waals surface area contributed by atoms with Gasteiger partial charge < -0.3 is 5.32 Å². The number of carbonyl (C=O) groups is 1. The topological polar surface area (TPSA) is 32.3 Å². The van der Waals surface area contributed by atoms with Gasteiger partial charge in [-0.1, -0.05) is 60.7 Å². The first-order valence-corrected chi connectivity index (χ1v) is 8.44. The van der Waals surface area contributed by atoms with Gasteiger partial charge >= 0.3 is 0 Å². The second kappa shape index (κ2) is 6.17. The molecule has 23 heavy (non-hydrogen) atoms. The number of benzene rings is 2. The Balaban J connectivity index is 1.72. The Morgan fingerprint density at radius 1 is 0.913 bits per heavy atom. The van der Waals surface area contributed by atoms with Gasteiger partial charge in [-0.3, -0.25) is 9.69 Å². The number of hydrogen-bond acceptors (Lipinski definition) is 2. The van der Waals surface area contributed by atoms with Crippen molar-refractivity contribution in [2.45, 2.75) is 30.8 Å². The van der Waals surface area contributed by atoms with Crippen LogP contribution in [-0.2, 0) is 4.79 Å². The molecule has 1 N–H and O–H groups in total. The second-order valence-electron chi connectivity index (χ2n) is 6.64. The van der Waals surface area contributed by atoms with Crippen LogP contribution in [0.1, 0.15) is 29.9 Å². The molecule has 2 aromatic carbocycles. The number of fused-ring (bicyclic) bond motifs is 2. The number of nitrogens with zero attached hydrogens (tertiary/aromatic N) is 1. The molecule has 0 radical (unpaired) electrons. The van der Waals surface area contributed by atoms with Gasteiger partial charge in [0.1, 0.15) is 0 Å². The average molecular weight is 306 g/mol. The lowest BCUT2D eigenvalue weighted by Crippen LogP contribution is -2.61. The van der Waals surface area contributed by atoms with Crippen LogP contribution in [0, 0.1) is 0 Å². The number of piperidine rings is 1. The molecule has 2 bridgehead atoms. The molecule has 2 aliphatic heterocycles. The monoisotopic (exact) mass is 306 g/mol. The number of carbonyl (C=O) groups excluding carboxylic acids is 1. The van der Waals surface area contributed by atoms with Gasteiger partial charge in [0.2, 0.25) is 5.91 Å². The van der Waals surface area contributed by atoms with Crippen molar-refractivity contribution < 1.29 is 4.79 Å². The SMILES string of the molecule is O=C1CN2C[C@@H](CC[C@@H]2C(c2ccccc2)c2ccccc2)N1. The van der Waals surface area contributed by atoms with Gasteiger partial charge in [0.25, 0.3) is 0 Å². The maximum absolute atomic E-state index is 12.0. The third-order valence-corrected chi connectivity index (χ3v) is 5.15. The highest BCUT2D eigenvalue weighted by Gasteiger charge is 2.39. The van der Waals surface area contributed by atoms with Crippen LogP contribution in [0.2, 0.25) is 0 Å². The zero-order valence-electron chi connectivity index (χ0n) is 13.2. The predicted molar refractivity (Wildman–Crippen MR) is 91.3 cm³/mol. The molecule has 3 atom stereocenters. The van der Waals surface area contributed by atoms with Crippen LogP contribution in [0.25, 0.3) is 0 Å². The molecular weight excluding hydrogens is 284 g/mol. The van der Waals surface area contributed by atoms with E-state index < -0.39 is 0 Å². The van der Waals surface area contributed by atoms with Crippen LogP contribution in [0.3, 0.4) is 0 Å². The van der Waals surface area contributed by atoms with E-state index in [0.29, 0.717) is 24.5 Å². The summed E-state index contributed by atoms with van der Waals surface area (Å²) in [6, 6.07) is 22.2. The fourth-order valence-corrected chi connectivity index (χ4v) is 4.16. The molecule has 0 aromatic heterocycles. The molecule has 3 heteroatoms. The second-order valence-corrected chi connectivity index (χ2v) is 6.64. The Kier molecular flexibility index (Phi) is 3.88. The Bertz CT molecular complexity index is 631. The van der Waals surface area contributed by atoms with E-state index in [1.807, 2.05) is 0 Å². The minimum absolute atomic E-state index is 0.172. The lowest BCUT2D eigenvalue weighted by Gasteiger charge is -2.46. The fraction of sp³-hybridized carbons (Fsp3) is 0.350. The molecule has 0 aliphatic carbocycles. The van der Waals surface area contributed by atoms with Crippen molar-refractivity contribution >= 4 is 5.91 Å². The molecule has 1 amide bonds. The van der Waals surface area contributed by atoms with Crippen LogP contribution in [0.4, 0.5) is 0 Å². The first-order chi connectivity index (χ1) is 11.3. The zero-order chi connectivity index (χ0) is 15.6. The van der Waals surface area contributed by atoms with E-state index >= 15 is 0 Å². The van der Waals surface area contributed by atoms with Gasteiger partial charge in [-0.25, -0.2) is 0 Å². The molecule has 0 spiro atoms. The van der Waals surface area contributed by atoms with Gasteiger partial charge in [-0.05, 0) is 24.0 Å². The van der Waals surface area contributed by atoms with Crippen molar-refractivity contribution in [1.29, 1.82) is 0 Å². The van der Waals surface area contributed by atoms with Crippen LogP contribution in [-0.4, -0.2) is 36.0 Å². The largest absolute Gasteiger partial charge is 0.351 e. The lowest BCUT2D eigenvalue weighted by molar-refractivity contribution is -0.128. The van der Waals surface area contributed by atoms with Crippen molar-refractivity contribution in [3.8, 4) is 0 Å². The molecule has 2 saturated heterocycles. The van der Waals surface area contributed by atoms with E-state index in [1.165, 1.54) is 11.1 Å². The van der Waals surface area contributed by atoms with E-state index in [-0.39, 0.29) is 5.91 Å². The van der Waals surface area contributed by atoms with Gasteiger partial charge in [0, 0.05) is 24.5 Å². The van der Waals surface area contributed by atoms with Crippen molar-refractivity contribution in [3.63, 3.8) is 0 Å². The molecule has 2 fully saturated rings. The molecular formula is C20H22N2O. The summed E-state index contributed by atoms with van der Waals surface area (Å²) in [6.07, 6.45) is 2.20. The number of piperazine rings is 1. The van der Waals surface area contributed by atoms with E-state index in [0.717, 1.165) is 19.4 Å². The first-order valence-electron chi connectivity index (χ1n) is 8.44. The van der Waals surface area contributed by atoms with E-state index in [9.17, 15) is 4.79 Å². The molecule has 4 rings (SSSR count). The highest BCUT2D eigenvalue weighted by atomic mass is 16.2. The Labute approximate surface area is 137 Å². The summed E-state index contributed by atoms with van der Waals surface area (Å²) in [5.74, 6) is 0.495. The Hall–Kier alpha value is -2.13. The third-order valence-electron chi connectivity index (χ3n) is 5.15. The highest BCUT2D eigenvalue weighted by Crippen LogP contribution is 2.36. The standard InChI is InChI=1S/C20H22N2O/c23-19-14-22-13-17(21-19)11-12-18(22)20(15-7-3-1-4-8-15)16-9-5-2-6-10-16/h1-10,17-18,20H,11-14H2,(H,21,23)/t17-,18-/m1/s1. The van der Waals surface area contributed by atoms with Crippen LogP contribution >= 0.6 is 0 Å². The van der Waals surface area contributed by atoms with E-state index in [1.54, 1.807) is 0 Å². The highest BCUT2D eigenvalue weighted by molar-refractivity contribution is 5.79. The molecule has 1 unspecified atom stereocenters. The molecule has 2 aliphatic rings. The maximum atomic E-state index is 12.0. The summed E-state index contributed by atoms with van der Waals surface area (Å²) in [4.78, 5) is 14.4. The van der Waals surface area contributed by atoms with Gasteiger partial charge in [0.05, 0.1) is 6.54 Å². The molecule has 2 heterocycles. The number of nitrogens with one attached hydrogen (secondary N) is 1. The number of rotatable bonds is 3. The molecule has 2 aromatic rings. The molecule has 0 saturated carbocycles. The van der Waals surface area contributed by atoms with Crippen molar-refractivity contribution in [2.75, 3.05) is 13.1 Å². The molecule has 3 nitrogen and oxygen atoms in total. The molecule has 118 valence electrons. The number of amides is 1. The minimum atomic E-state index is 0.172. The van der Waals surface area contributed by atoms with Gasteiger partial charge in [0.15, 0.2) is 0 Å². The predicted octanol–water partition coefficient (Wildman–Crippen LogP) is 2.78. The van der Waals surface area contributed by atoms with Crippen molar-refractivity contribution in [1.82, 2.24) is 10.2 Å². The summed E-state index contributed by atoms with van der Waals surface area (Å²) in [6.45, 7) is 1.50. The van der Waals surface area contributed by atoms with Crippen LogP contribution in [0.5, 0.6) is 0 Å². The summed E-state index contributed by atoms with van der Waals surface area (Å²) in [5.41, 5.74) is 2.68. The fourth-order valence-electron chi connectivity index (χ4n) is 4.16. The van der Waals surface area contributed by atoms with E-state index in [4.69, 9.17) is 0 Å². The Morgan fingerprint density at radius 2 is 1.52 bits per heavy atom. The average Bonchev–Trinajstić information content (AvgIpc) is 2.59. The van der Waals surface area contributed by atoms with Gasteiger partial charge in [-0.15, -0.1) is 0 Å². The van der Waals surface area contributed by atoms with Crippen molar-refractivity contribution in [3.05, 3.63) is 71.8 Å². The van der Waals surface area contributed by atoms with E-state index in [2.05, 4.69) is 70.9 Å². The normalized spacial score (nSPS) is 26.8. The van der Waals surface area contributed by atoms with Gasteiger partial charge in [-0.2, -0.15) is 0 Å². The maximum Gasteiger partial charge on any atom is 0.234 e. The van der Waals surface area contributed by atoms with Crippen LogP contribution < -0.4 is 5.32 Å². The first kappa shape index (κ1) is 14.5. The minimum Gasteiger partial charge on any atom is -0.351 e. The third kappa shape index (κ3) is 2.89. The number of hydrogen-bond donors (Lipinski definition) is 1. The van der Waals surface area contributed by atoms with Crippen LogP contribution in [0.15, 0.2) is 60.7 Å². The zero-order valence-corrected chi connectivity index (χ0v) is 13.2. The lowest BCUT2D eigenvalue weighted by atomic mass is 9.79. The summed E-state index contributed by atoms with van der Waals surface area (Å²) >= 11 is 0. The quantitative estimate of drug-likeness (QED) is 0.946. The summed E-state index contributed by atoms with van der Waals surface area (Å²) < 4.78 is 0. The van der Waals surface area contributed by atoms with Crippen molar-refractivity contribution in [2.24, 2.45) is 0 Å². The smallest absolute Gasteiger partial charge is 0.234 e. The summed E-state index contributed by atoms with van der Waals surface area (Å²) in [5, 5.41) is 3.11. The Morgan fingerprint density at radius 3 is 2.13 bits per heavy atom.